The van der Waals surface area contributed by atoms with E-state index in [1.165, 1.54) is 25.1 Å². The minimum absolute atomic E-state index is 0.00699. The van der Waals surface area contributed by atoms with Crippen molar-refractivity contribution in [2.24, 2.45) is 0 Å². The SMILES string of the molecule is CCC.CCCCN1B(C)N(C)C2N(B1C)c1ccnn1C2(C)C. The molecule has 0 amide bonds. The van der Waals surface area contributed by atoms with Crippen molar-refractivity contribution in [1.29, 1.82) is 0 Å². The molecule has 0 aliphatic carbocycles. The number of rotatable bonds is 3. The van der Waals surface area contributed by atoms with Crippen LogP contribution in [0, 0.1) is 0 Å². The Morgan fingerprint density at radius 2 is 1.79 bits per heavy atom. The fourth-order valence-corrected chi connectivity index (χ4v) is 4.23. The zero-order chi connectivity index (χ0) is 18.1. The van der Waals surface area contributed by atoms with E-state index in [-0.39, 0.29) is 5.54 Å². The Kier molecular flexibility index (Phi) is 6.08. The van der Waals surface area contributed by atoms with Gasteiger partial charge in [-0.05, 0) is 39.9 Å². The van der Waals surface area contributed by atoms with Gasteiger partial charge < -0.3 is 14.3 Å². The van der Waals surface area contributed by atoms with Crippen LogP contribution in [0.1, 0.15) is 53.9 Å². The first-order valence-corrected chi connectivity index (χ1v) is 9.63. The van der Waals surface area contributed by atoms with Crippen molar-refractivity contribution < 1.29 is 0 Å². The van der Waals surface area contributed by atoms with Gasteiger partial charge in [0.1, 0.15) is 5.82 Å². The third kappa shape index (κ3) is 3.01. The second-order valence-electron chi connectivity index (χ2n) is 7.76. The molecule has 134 valence electrons. The van der Waals surface area contributed by atoms with E-state index in [1.807, 2.05) is 6.20 Å². The number of aromatic nitrogens is 2. The number of nitrogens with zero attached hydrogens (tertiary/aromatic N) is 5. The summed E-state index contributed by atoms with van der Waals surface area (Å²) in [6.07, 6.45) is 6.04. The zero-order valence-electron chi connectivity index (χ0n) is 17.0. The lowest BCUT2D eigenvalue weighted by molar-refractivity contribution is 0.190. The molecule has 24 heavy (non-hydrogen) atoms. The number of anilines is 1. The lowest BCUT2D eigenvalue weighted by Gasteiger charge is -2.53. The second kappa shape index (κ2) is 7.52. The van der Waals surface area contributed by atoms with Crippen molar-refractivity contribution in [2.75, 3.05) is 18.4 Å². The summed E-state index contributed by atoms with van der Waals surface area (Å²) in [4.78, 5) is 5.05. The van der Waals surface area contributed by atoms with Gasteiger partial charge in [0.2, 0.25) is 0 Å². The number of hydrogen-bond donors (Lipinski definition) is 0. The molecular formula is C17H35B2N5. The van der Waals surface area contributed by atoms with Crippen molar-refractivity contribution in [3.63, 3.8) is 0 Å². The normalized spacial score (nSPS) is 23.0. The average molecular weight is 331 g/mol. The molecule has 2 aliphatic rings. The average Bonchev–Trinajstić information content (AvgIpc) is 3.08. The molecule has 3 rings (SSSR count). The van der Waals surface area contributed by atoms with Crippen molar-refractivity contribution in [1.82, 2.24) is 19.3 Å². The van der Waals surface area contributed by atoms with Gasteiger partial charge in [-0.3, -0.25) is 0 Å². The van der Waals surface area contributed by atoms with Crippen molar-refractivity contribution in [3.05, 3.63) is 12.3 Å². The highest BCUT2D eigenvalue weighted by Gasteiger charge is 2.56. The molecule has 0 N–H and O–H groups in total. The summed E-state index contributed by atoms with van der Waals surface area (Å²) in [5.74, 6) is 1.25. The Balaban J connectivity index is 0.000000647. The molecule has 1 atom stereocenters. The van der Waals surface area contributed by atoms with E-state index in [1.54, 1.807) is 0 Å². The first kappa shape index (κ1) is 19.4. The Bertz CT molecular complexity index is 533. The number of hydrogen-bond acceptors (Lipinski definition) is 4. The summed E-state index contributed by atoms with van der Waals surface area (Å²) in [7, 11) is 2.25. The molecule has 0 spiro atoms. The Morgan fingerprint density at radius 1 is 1.17 bits per heavy atom. The van der Waals surface area contributed by atoms with Gasteiger partial charge >= 0.3 is 6.98 Å². The van der Waals surface area contributed by atoms with Gasteiger partial charge in [0.25, 0.3) is 6.98 Å². The lowest BCUT2D eigenvalue weighted by Crippen LogP contribution is -2.75. The monoisotopic (exact) mass is 331 g/mol. The molecule has 5 nitrogen and oxygen atoms in total. The molecule has 2 aliphatic heterocycles. The maximum absolute atomic E-state index is 4.58. The predicted molar refractivity (Wildman–Crippen MR) is 106 cm³/mol. The first-order chi connectivity index (χ1) is 11.3. The van der Waals surface area contributed by atoms with Crippen LogP contribution >= 0.6 is 0 Å². The van der Waals surface area contributed by atoms with E-state index in [0.29, 0.717) is 20.1 Å². The van der Waals surface area contributed by atoms with Gasteiger partial charge in [-0.25, -0.2) is 4.68 Å². The van der Waals surface area contributed by atoms with E-state index in [9.17, 15) is 0 Å². The summed E-state index contributed by atoms with van der Waals surface area (Å²) >= 11 is 0. The molecular weight excluding hydrogens is 296 g/mol. The van der Waals surface area contributed by atoms with Gasteiger partial charge in [-0.15, -0.1) is 0 Å². The van der Waals surface area contributed by atoms with E-state index in [4.69, 9.17) is 0 Å². The summed E-state index contributed by atoms with van der Waals surface area (Å²) in [6.45, 7) is 17.8. The van der Waals surface area contributed by atoms with Crippen LogP contribution in [0.5, 0.6) is 0 Å². The first-order valence-electron chi connectivity index (χ1n) is 9.63. The van der Waals surface area contributed by atoms with Crippen molar-refractivity contribution in [2.45, 2.75) is 79.2 Å². The predicted octanol–water partition coefficient (Wildman–Crippen LogP) is 3.46. The van der Waals surface area contributed by atoms with Crippen LogP contribution in [0.2, 0.25) is 13.6 Å². The molecule has 1 aromatic heterocycles. The number of likely N-dealkylation sites (N-methyl/N-ethyl adjacent to an activating group) is 1. The molecule has 0 aromatic carbocycles. The molecule has 0 bridgehead atoms. The summed E-state index contributed by atoms with van der Waals surface area (Å²) in [5, 5.41) is 4.58. The smallest absolute Gasteiger partial charge is 0.331 e. The molecule has 3 heterocycles. The molecule has 1 fully saturated rings. The largest absolute Gasteiger partial charge is 0.370 e. The minimum atomic E-state index is -0.00699. The molecule has 1 unspecified atom stereocenters. The van der Waals surface area contributed by atoms with E-state index < -0.39 is 0 Å². The van der Waals surface area contributed by atoms with E-state index in [0.717, 1.165) is 6.54 Å². The third-order valence-corrected chi connectivity index (χ3v) is 5.44. The quantitative estimate of drug-likeness (QED) is 0.793. The third-order valence-electron chi connectivity index (χ3n) is 5.44. The number of fused-ring (bicyclic) bond motifs is 3. The highest BCUT2D eigenvalue weighted by Crippen LogP contribution is 2.43. The lowest BCUT2D eigenvalue weighted by atomic mass is 9.56. The fourth-order valence-electron chi connectivity index (χ4n) is 4.23. The topological polar surface area (TPSA) is 27.5 Å². The molecule has 1 saturated heterocycles. The van der Waals surface area contributed by atoms with Gasteiger partial charge in [0.05, 0.1) is 17.9 Å². The second-order valence-corrected chi connectivity index (χ2v) is 7.76. The van der Waals surface area contributed by atoms with Crippen LogP contribution < -0.4 is 4.81 Å². The Hall–Kier alpha value is -0.940. The summed E-state index contributed by atoms with van der Waals surface area (Å²) < 4.78 is 4.81. The molecule has 1 aromatic rings. The Labute approximate surface area is 149 Å². The van der Waals surface area contributed by atoms with E-state index in [2.05, 4.69) is 85.5 Å². The van der Waals surface area contributed by atoms with Gasteiger partial charge in [0, 0.05) is 0 Å². The van der Waals surface area contributed by atoms with Gasteiger partial charge in [0.15, 0.2) is 0 Å². The van der Waals surface area contributed by atoms with E-state index >= 15 is 0 Å². The number of unbranched alkanes of at least 4 members (excludes halogenated alkanes) is 1. The van der Waals surface area contributed by atoms with Crippen LogP contribution in [0.25, 0.3) is 0 Å². The van der Waals surface area contributed by atoms with Crippen LogP contribution in [0.3, 0.4) is 0 Å². The minimum Gasteiger partial charge on any atom is -0.370 e. The standard InChI is InChI=1S/C14H27B2N5.C3H8/c1-7-8-11-19-15(4)18(6)13-14(2,3)21-12(9-10-17-21)20(13)16(19)5;1-3-2/h9-10,13H,7-8,11H2,1-6H3;3H2,1-2H3. The van der Waals surface area contributed by atoms with Crippen LogP contribution in [-0.2, 0) is 5.54 Å². The molecule has 0 radical (unpaired) electrons. The maximum Gasteiger partial charge on any atom is 0.331 e. The van der Waals surface area contributed by atoms with Gasteiger partial charge in [-0.1, -0.05) is 47.3 Å². The van der Waals surface area contributed by atoms with Crippen molar-refractivity contribution >= 4 is 19.8 Å². The Morgan fingerprint density at radius 3 is 2.38 bits per heavy atom. The van der Waals surface area contributed by atoms with Gasteiger partial charge in [-0.2, -0.15) is 5.10 Å². The summed E-state index contributed by atoms with van der Waals surface area (Å²) in [5.41, 5.74) is -0.00699. The van der Waals surface area contributed by atoms with Crippen molar-refractivity contribution in [3.8, 4) is 0 Å². The highest BCUT2D eigenvalue weighted by molar-refractivity contribution is 6.73. The van der Waals surface area contributed by atoms with Crippen LogP contribution in [-0.4, -0.2) is 53.0 Å². The zero-order valence-corrected chi connectivity index (χ0v) is 17.0. The van der Waals surface area contributed by atoms with Crippen LogP contribution in [0.4, 0.5) is 5.82 Å². The van der Waals surface area contributed by atoms with Crippen LogP contribution in [0.15, 0.2) is 12.3 Å². The summed E-state index contributed by atoms with van der Waals surface area (Å²) in [6, 6.07) is 2.15. The molecule has 7 heteroatoms. The maximum atomic E-state index is 4.58. The fraction of sp³-hybridized carbons (Fsp3) is 0.824. The highest BCUT2D eigenvalue weighted by atomic mass is 15.6. The molecule has 0 saturated carbocycles.